The maximum absolute atomic E-state index is 11.9. The van der Waals surface area contributed by atoms with Gasteiger partial charge in [0.25, 0.3) is 0 Å². The monoisotopic (exact) mass is 316 g/mol. The number of carbonyl (C=O) groups excluding carboxylic acids is 2. The number of imide groups is 1. The first-order chi connectivity index (χ1) is 11.0. The minimum Gasteiger partial charge on any atom is -0.357 e. The van der Waals surface area contributed by atoms with Crippen LogP contribution < -0.4 is 10.2 Å². The highest BCUT2D eigenvalue weighted by Gasteiger charge is 2.28. The zero-order chi connectivity index (χ0) is 16.4. The third kappa shape index (κ3) is 3.52. The van der Waals surface area contributed by atoms with Gasteiger partial charge in [0.15, 0.2) is 0 Å². The molecule has 0 aromatic carbocycles. The van der Waals surface area contributed by atoms with Crippen molar-refractivity contribution in [2.24, 2.45) is 0 Å². The number of aromatic nitrogens is 1. The predicted octanol–water partition coefficient (Wildman–Crippen LogP) is 1.13. The molecule has 1 aromatic rings. The second-order valence-corrected chi connectivity index (χ2v) is 6.64. The van der Waals surface area contributed by atoms with Crippen LogP contribution in [0.2, 0.25) is 0 Å². The van der Waals surface area contributed by atoms with E-state index >= 15 is 0 Å². The Morgan fingerprint density at radius 3 is 2.48 bits per heavy atom. The summed E-state index contributed by atoms with van der Waals surface area (Å²) < 4.78 is 0. The lowest BCUT2D eigenvalue weighted by atomic mass is 9.92. The molecule has 6 nitrogen and oxygen atoms in total. The van der Waals surface area contributed by atoms with E-state index in [1.165, 1.54) is 0 Å². The van der Waals surface area contributed by atoms with Crippen molar-refractivity contribution < 1.29 is 9.59 Å². The van der Waals surface area contributed by atoms with Gasteiger partial charge in [-0.2, -0.15) is 0 Å². The molecular weight excluding hydrogens is 292 g/mol. The van der Waals surface area contributed by atoms with E-state index in [0.29, 0.717) is 18.9 Å². The van der Waals surface area contributed by atoms with Gasteiger partial charge in [-0.25, -0.2) is 4.98 Å². The van der Waals surface area contributed by atoms with Crippen molar-refractivity contribution in [2.45, 2.75) is 37.6 Å². The Balaban J connectivity index is 1.64. The molecule has 1 N–H and O–H groups in total. The molecule has 0 radical (unpaired) electrons. The maximum Gasteiger partial charge on any atom is 0.234 e. The number of nitrogens with one attached hydrogen (secondary N) is 1. The molecule has 1 unspecified atom stereocenters. The summed E-state index contributed by atoms with van der Waals surface area (Å²) in [6.45, 7) is 2.02. The Bertz CT molecular complexity index is 577. The Kier molecular flexibility index (Phi) is 4.61. The summed E-state index contributed by atoms with van der Waals surface area (Å²) in [5, 5.41) is 2.40. The molecule has 2 saturated heterocycles. The number of anilines is 1. The molecule has 2 aliphatic rings. The van der Waals surface area contributed by atoms with Crippen LogP contribution in [0.25, 0.3) is 0 Å². The summed E-state index contributed by atoms with van der Waals surface area (Å²) in [6, 6.07) is 4.61. The molecule has 124 valence electrons. The number of carbonyl (C=O) groups is 2. The lowest BCUT2D eigenvalue weighted by molar-refractivity contribution is -0.134. The van der Waals surface area contributed by atoms with Crippen molar-refractivity contribution >= 4 is 17.6 Å². The van der Waals surface area contributed by atoms with Gasteiger partial charge >= 0.3 is 0 Å². The molecule has 0 spiro atoms. The van der Waals surface area contributed by atoms with E-state index in [2.05, 4.69) is 34.2 Å². The molecule has 1 aromatic heterocycles. The Labute approximate surface area is 136 Å². The zero-order valence-electron chi connectivity index (χ0n) is 13.8. The average Bonchev–Trinajstić information content (AvgIpc) is 2.55. The molecule has 0 saturated carbocycles. The average molecular weight is 316 g/mol. The number of hydrogen-bond acceptors (Lipinski definition) is 5. The second-order valence-electron chi connectivity index (χ2n) is 6.64. The van der Waals surface area contributed by atoms with Gasteiger partial charge < -0.3 is 9.80 Å². The summed E-state index contributed by atoms with van der Waals surface area (Å²) in [5.74, 6) is 0.328. The van der Waals surface area contributed by atoms with E-state index in [0.717, 1.165) is 37.3 Å². The van der Waals surface area contributed by atoms with Crippen LogP contribution in [-0.2, 0) is 9.59 Å². The SMILES string of the molecule is CN(C)C1CCN(c2ccc(C3CCC(=O)NC3=O)cn2)CC1. The smallest absolute Gasteiger partial charge is 0.234 e. The van der Waals surface area contributed by atoms with E-state index in [-0.39, 0.29) is 17.7 Å². The molecule has 3 heterocycles. The van der Waals surface area contributed by atoms with Crippen LogP contribution in [-0.4, -0.2) is 54.9 Å². The number of rotatable bonds is 3. The van der Waals surface area contributed by atoms with Crippen LogP contribution in [0.4, 0.5) is 5.82 Å². The fraction of sp³-hybridized carbons (Fsp3) is 0.588. The van der Waals surface area contributed by atoms with Gasteiger partial charge in [-0.15, -0.1) is 0 Å². The summed E-state index contributed by atoms with van der Waals surface area (Å²) >= 11 is 0. The number of amides is 2. The largest absolute Gasteiger partial charge is 0.357 e. The van der Waals surface area contributed by atoms with Crippen molar-refractivity contribution in [3.63, 3.8) is 0 Å². The fourth-order valence-electron chi connectivity index (χ4n) is 3.41. The van der Waals surface area contributed by atoms with Crippen LogP contribution in [0.3, 0.4) is 0 Å². The molecular formula is C17H24N4O2. The van der Waals surface area contributed by atoms with Gasteiger partial charge in [-0.3, -0.25) is 14.9 Å². The summed E-state index contributed by atoms with van der Waals surface area (Å²) in [7, 11) is 4.26. The first kappa shape index (κ1) is 15.9. The number of nitrogens with zero attached hydrogens (tertiary/aromatic N) is 3. The van der Waals surface area contributed by atoms with Crippen molar-refractivity contribution in [3.8, 4) is 0 Å². The number of piperidine rings is 2. The minimum atomic E-state index is -0.256. The van der Waals surface area contributed by atoms with Crippen LogP contribution >= 0.6 is 0 Å². The summed E-state index contributed by atoms with van der Waals surface area (Å²) in [6.07, 6.45) is 5.04. The van der Waals surface area contributed by atoms with Gasteiger partial charge in [-0.05, 0) is 45.0 Å². The molecule has 2 aliphatic heterocycles. The van der Waals surface area contributed by atoms with Crippen molar-refractivity contribution in [2.75, 3.05) is 32.1 Å². The molecule has 0 bridgehead atoms. The zero-order valence-corrected chi connectivity index (χ0v) is 13.8. The van der Waals surface area contributed by atoms with Crippen LogP contribution in [0.1, 0.15) is 37.2 Å². The standard InChI is InChI=1S/C17H24N4O2/c1-20(2)13-7-9-21(10-8-13)15-5-3-12(11-18-15)14-4-6-16(22)19-17(14)23/h3,5,11,13-14H,4,6-10H2,1-2H3,(H,19,22,23). The molecule has 2 fully saturated rings. The van der Waals surface area contributed by atoms with Crippen molar-refractivity contribution in [1.29, 1.82) is 0 Å². The highest BCUT2D eigenvalue weighted by Crippen LogP contribution is 2.26. The van der Waals surface area contributed by atoms with Gasteiger partial charge in [0.1, 0.15) is 5.82 Å². The Morgan fingerprint density at radius 2 is 1.91 bits per heavy atom. The van der Waals surface area contributed by atoms with E-state index in [1.54, 1.807) is 6.20 Å². The van der Waals surface area contributed by atoms with E-state index < -0.39 is 0 Å². The van der Waals surface area contributed by atoms with Crippen LogP contribution in [0.5, 0.6) is 0 Å². The number of pyridine rings is 1. The van der Waals surface area contributed by atoms with Gasteiger partial charge in [0, 0.05) is 31.7 Å². The predicted molar refractivity (Wildman–Crippen MR) is 88.3 cm³/mol. The van der Waals surface area contributed by atoms with E-state index in [4.69, 9.17) is 0 Å². The van der Waals surface area contributed by atoms with Crippen molar-refractivity contribution in [1.82, 2.24) is 15.2 Å². The van der Waals surface area contributed by atoms with Crippen molar-refractivity contribution in [3.05, 3.63) is 23.9 Å². The fourth-order valence-corrected chi connectivity index (χ4v) is 3.41. The summed E-state index contributed by atoms with van der Waals surface area (Å²) in [4.78, 5) is 32.3. The third-order valence-electron chi connectivity index (χ3n) is 4.93. The Morgan fingerprint density at radius 1 is 1.17 bits per heavy atom. The first-order valence-corrected chi connectivity index (χ1v) is 8.25. The highest BCUT2D eigenvalue weighted by atomic mass is 16.2. The normalized spacial score (nSPS) is 23.3. The molecule has 6 heteroatoms. The first-order valence-electron chi connectivity index (χ1n) is 8.25. The van der Waals surface area contributed by atoms with Gasteiger partial charge in [0.2, 0.25) is 11.8 Å². The molecule has 2 amide bonds. The second kappa shape index (κ2) is 6.66. The van der Waals surface area contributed by atoms with Gasteiger partial charge in [-0.1, -0.05) is 6.07 Å². The highest BCUT2D eigenvalue weighted by molar-refractivity contribution is 6.00. The lowest BCUT2D eigenvalue weighted by Crippen LogP contribution is -2.42. The minimum absolute atomic E-state index is 0.181. The topological polar surface area (TPSA) is 65.5 Å². The molecule has 1 atom stereocenters. The van der Waals surface area contributed by atoms with Gasteiger partial charge in [0.05, 0.1) is 5.92 Å². The van der Waals surface area contributed by atoms with Crippen LogP contribution in [0, 0.1) is 0 Å². The lowest BCUT2D eigenvalue weighted by Gasteiger charge is -2.35. The molecule has 23 heavy (non-hydrogen) atoms. The third-order valence-corrected chi connectivity index (χ3v) is 4.93. The Hall–Kier alpha value is -1.95. The number of hydrogen-bond donors (Lipinski definition) is 1. The molecule has 0 aliphatic carbocycles. The quantitative estimate of drug-likeness (QED) is 0.847. The van der Waals surface area contributed by atoms with Crippen LogP contribution in [0.15, 0.2) is 18.3 Å². The van der Waals surface area contributed by atoms with E-state index in [9.17, 15) is 9.59 Å². The maximum atomic E-state index is 11.9. The molecule has 3 rings (SSSR count). The van der Waals surface area contributed by atoms with E-state index in [1.807, 2.05) is 12.1 Å². The summed E-state index contributed by atoms with van der Waals surface area (Å²) in [5.41, 5.74) is 0.891.